The van der Waals surface area contributed by atoms with Crippen molar-refractivity contribution < 1.29 is 13.6 Å². The highest BCUT2D eigenvalue weighted by molar-refractivity contribution is 7.57. The van der Waals surface area contributed by atoms with E-state index in [1.165, 1.54) is 5.82 Å². The predicted molar refractivity (Wildman–Crippen MR) is 75.2 cm³/mol. The highest BCUT2D eigenvalue weighted by atomic mass is 35.5. The van der Waals surface area contributed by atoms with Crippen LogP contribution in [0.4, 0.5) is 0 Å². The lowest BCUT2D eigenvalue weighted by Crippen LogP contribution is -1.93. The van der Waals surface area contributed by atoms with Gasteiger partial charge in [0.05, 0.1) is 13.2 Å². The van der Waals surface area contributed by atoms with Crippen LogP contribution in [-0.4, -0.2) is 13.2 Å². The summed E-state index contributed by atoms with van der Waals surface area (Å²) in [5.41, 5.74) is 1.09. The zero-order valence-corrected chi connectivity index (χ0v) is 12.3. The number of hydrogen-bond donors (Lipinski definition) is 0. The van der Waals surface area contributed by atoms with E-state index in [4.69, 9.17) is 20.6 Å². The first-order chi connectivity index (χ1) is 8.59. The molecule has 1 aromatic rings. The Morgan fingerprint density at radius 1 is 1.17 bits per heavy atom. The van der Waals surface area contributed by atoms with Crippen LogP contribution in [0.5, 0.6) is 0 Å². The summed E-state index contributed by atoms with van der Waals surface area (Å²) in [5.74, 6) is 1.52. The van der Waals surface area contributed by atoms with E-state index in [1.54, 1.807) is 19.9 Å². The van der Waals surface area contributed by atoms with Crippen molar-refractivity contribution in [3.8, 4) is 0 Å². The lowest BCUT2D eigenvalue weighted by atomic mass is 10.2. The Bertz CT molecular complexity index is 418. The Hall–Kier alpha value is -0.600. The number of hydrogen-bond acceptors (Lipinski definition) is 3. The number of allylic oxidation sites excluding steroid dienone is 1. The second-order valence-electron chi connectivity index (χ2n) is 3.59. The Morgan fingerprint density at radius 3 is 2.22 bits per heavy atom. The maximum atomic E-state index is 12.1. The zero-order chi connectivity index (χ0) is 13.4. The average molecular weight is 289 g/mol. The van der Waals surface area contributed by atoms with Gasteiger partial charge in [-0.1, -0.05) is 29.8 Å². The van der Waals surface area contributed by atoms with Crippen LogP contribution >= 0.6 is 19.2 Å². The molecule has 18 heavy (non-hydrogen) atoms. The molecule has 0 spiro atoms. The molecule has 0 saturated carbocycles. The fourth-order valence-corrected chi connectivity index (χ4v) is 2.88. The van der Waals surface area contributed by atoms with Crippen molar-refractivity contribution >= 4 is 19.2 Å². The van der Waals surface area contributed by atoms with Crippen molar-refractivity contribution in [3.05, 3.63) is 46.7 Å². The van der Waals surface area contributed by atoms with Gasteiger partial charge in [-0.2, -0.15) is 0 Å². The highest BCUT2D eigenvalue weighted by Gasteiger charge is 2.18. The molecular formula is C13H18ClO3P. The summed E-state index contributed by atoms with van der Waals surface area (Å²) >= 11 is 5.80. The predicted octanol–water partition coefficient (Wildman–Crippen LogP) is 4.66. The van der Waals surface area contributed by atoms with E-state index in [2.05, 4.69) is 0 Å². The van der Waals surface area contributed by atoms with Crippen LogP contribution in [0.2, 0.25) is 5.02 Å². The molecule has 0 aliphatic heterocycles. The zero-order valence-electron chi connectivity index (χ0n) is 10.6. The molecule has 0 N–H and O–H groups in total. The van der Waals surface area contributed by atoms with Crippen LogP contribution in [0, 0.1) is 0 Å². The first-order valence-corrected chi connectivity index (χ1v) is 7.89. The van der Waals surface area contributed by atoms with E-state index in [0.717, 1.165) is 5.56 Å². The molecule has 0 bridgehead atoms. The Morgan fingerprint density at radius 2 is 1.72 bits per heavy atom. The molecule has 0 atom stereocenters. The average Bonchev–Trinajstić information content (AvgIpc) is 2.32. The maximum Gasteiger partial charge on any atom is 0.353 e. The van der Waals surface area contributed by atoms with Crippen LogP contribution in [0.25, 0.3) is 0 Å². The molecule has 0 amide bonds. The molecule has 0 heterocycles. The van der Waals surface area contributed by atoms with Gasteiger partial charge in [0, 0.05) is 10.8 Å². The van der Waals surface area contributed by atoms with Gasteiger partial charge in [0.1, 0.15) is 0 Å². The molecule has 1 rings (SSSR count). The van der Waals surface area contributed by atoms with Gasteiger partial charge in [-0.05, 0) is 38.0 Å². The molecule has 0 saturated heterocycles. The van der Waals surface area contributed by atoms with E-state index in [-0.39, 0.29) is 0 Å². The molecule has 5 heteroatoms. The van der Waals surface area contributed by atoms with Gasteiger partial charge in [0.2, 0.25) is 0 Å². The highest BCUT2D eigenvalue weighted by Crippen LogP contribution is 2.49. The third kappa shape index (κ3) is 5.36. The van der Waals surface area contributed by atoms with Gasteiger partial charge in [-0.25, -0.2) is 0 Å². The summed E-state index contributed by atoms with van der Waals surface area (Å²) in [6.45, 7) is 4.31. The second kappa shape index (κ2) is 7.75. The molecule has 0 aliphatic rings. The van der Waals surface area contributed by atoms with Gasteiger partial charge < -0.3 is 9.05 Å². The van der Waals surface area contributed by atoms with Crippen molar-refractivity contribution in [3.63, 3.8) is 0 Å². The van der Waals surface area contributed by atoms with E-state index in [1.807, 2.05) is 24.3 Å². The molecule has 0 fully saturated rings. The second-order valence-corrected chi connectivity index (χ2v) is 5.92. The largest absolute Gasteiger partial charge is 0.353 e. The number of rotatable bonds is 7. The summed E-state index contributed by atoms with van der Waals surface area (Å²) in [6.07, 6.45) is 2.47. The first-order valence-electron chi connectivity index (χ1n) is 5.90. The standard InChI is InChI=1S/C13H18ClO3P/c1-3-16-18(15,17-4-2)11-5-6-12-7-9-13(14)10-8-12/h5,7-11H,3-4,6H2,1-2H3/b11-5+. The van der Waals surface area contributed by atoms with E-state index < -0.39 is 7.60 Å². The van der Waals surface area contributed by atoms with Crippen molar-refractivity contribution in [1.29, 1.82) is 0 Å². The minimum atomic E-state index is -3.07. The molecule has 3 nitrogen and oxygen atoms in total. The van der Waals surface area contributed by atoms with Crippen LogP contribution in [0.3, 0.4) is 0 Å². The summed E-state index contributed by atoms with van der Waals surface area (Å²) < 4.78 is 22.4. The summed E-state index contributed by atoms with van der Waals surface area (Å²) in [5, 5.41) is 0.706. The SMILES string of the molecule is CCOP(=O)(/C=C/Cc1ccc(Cl)cc1)OCC. The summed E-state index contributed by atoms with van der Waals surface area (Å²) in [7, 11) is -3.07. The van der Waals surface area contributed by atoms with Gasteiger partial charge in [-0.3, -0.25) is 4.57 Å². The van der Waals surface area contributed by atoms with E-state index >= 15 is 0 Å². The van der Waals surface area contributed by atoms with Crippen LogP contribution in [-0.2, 0) is 20.0 Å². The lowest BCUT2D eigenvalue weighted by molar-refractivity contribution is 0.229. The van der Waals surface area contributed by atoms with E-state index in [9.17, 15) is 4.57 Å². The topological polar surface area (TPSA) is 35.5 Å². The Balaban J connectivity index is 2.61. The minimum Gasteiger partial charge on any atom is -0.306 e. The van der Waals surface area contributed by atoms with Crippen molar-refractivity contribution in [2.75, 3.05) is 13.2 Å². The molecule has 0 radical (unpaired) electrons. The fraction of sp³-hybridized carbons (Fsp3) is 0.385. The monoisotopic (exact) mass is 288 g/mol. The van der Waals surface area contributed by atoms with E-state index in [0.29, 0.717) is 24.7 Å². The van der Waals surface area contributed by atoms with Crippen LogP contribution < -0.4 is 0 Å². The van der Waals surface area contributed by atoms with Crippen LogP contribution in [0.1, 0.15) is 19.4 Å². The van der Waals surface area contributed by atoms with Gasteiger partial charge in [0.15, 0.2) is 0 Å². The van der Waals surface area contributed by atoms with Crippen molar-refractivity contribution in [2.24, 2.45) is 0 Å². The quantitative estimate of drug-likeness (QED) is 0.684. The van der Waals surface area contributed by atoms with Crippen LogP contribution in [0.15, 0.2) is 36.2 Å². The summed E-state index contributed by atoms with van der Waals surface area (Å²) in [6, 6.07) is 7.52. The number of halogens is 1. The molecular weight excluding hydrogens is 271 g/mol. The molecule has 0 aromatic heterocycles. The third-order valence-electron chi connectivity index (χ3n) is 2.17. The smallest absolute Gasteiger partial charge is 0.306 e. The molecule has 0 unspecified atom stereocenters. The van der Waals surface area contributed by atoms with Gasteiger partial charge in [-0.15, -0.1) is 0 Å². The molecule has 0 aliphatic carbocycles. The molecule has 1 aromatic carbocycles. The Kier molecular flexibility index (Phi) is 6.66. The lowest BCUT2D eigenvalue weighted by Gasteiger charge is -2.12. The maximum absolute atomic E-state index is 12.1. The minimum absolute atomic E-state index is 0.364. The number of benzene rings is 1. The van der Waals surface area contributed by atoms with Crippen molar-refractivity contribution in [2.45, 2.75) is 20.3 Å². The molecule has 100 valence electrons. The first kappa shape index (κ1) is 15.5. The third-order valence-corrected chi connectivity index (χ3v) is 4.24. The van der Waals surface area contributed by atoms with Gasteiger partial charge >= 0.3 is 7.60 Å². The Labute approximate surface area is 113 Å². The summed E-state index contributed by atoms with van der Waals surface area (Å²) in [4.78, 5) is 0. The van der Waals surface area contributed by atoms with Crippen molar-refractivity contribution in [1.82, 2.24) is 0 Å². The normalized spacial score (nSPS) is 12.2. The van der Waals surface area contributed by atoms with Gasteiger partial charge in [0.25, 0.3) is 0 Å². The fourth-order valence-electron chi connectivity index (χ4n) is 1.42.